The summed E-state index contributed by atoms with van der Waals surface area (Å²) in [6.45, 7) is 8.03. The summed E-state index contributed by atoms with van der Waals surface area (Å²) in [5, 5.41) is 0. The van der Waals surface area contributed by atoms with Crippen LogP contribution in [0, 0.1) is 6.92 Å². The minimum absolute atomic E-state index is 0.186. The van der Waals surface area contributed by atoms with Gasteiger partial charge in [0.05, 0.1) is 0 Å². The van der Waals surface area contributed by atoms with Crippen LogP contribution in [0.2, 0.25) is 0 Å². The third kappa shape index (κ3) is 3.31. The van der Waals surface area contributed by atoms with Crippen LogP contribution in [0.15, 0.2) is 0 Å². The molecule has 1 radical (unpaired) electrons. The summed E-state index contributed by atoms with van der Waals surface area (Å²) in [4.78, 5) is -0.186. The Balaban J connectivity index is 3.37. The minimum Gasteiger partial charge on any atom is -0.119 e. The van der Waals surface area contributed by atoms with Crippen LogP contribution >= 0.6 is 11.6 Å². The van der Waals surface area contributed by atoms with Gasteiger partial charge in [-0.05, 0) is 19.8 Å². The maximum atomic E-state index is 5.91. The fourth-order valence-corrected chi connectivity index (χ4v) is 0.814. The van der Waals surface area contributed by atoms with Crippen molar-refractivity contribution in [1.29, 1.82) is 0 Å². The Labute approximate surface area is 57.2 Å². The Bertz CT molecular complexity index is 57.4. The number of alkyl halides is 1. The van der Waals surface area contributed by atoms with Gasteiger partial charge in [0.25, 0.3) is 0 Å². The van der Waals surface area contributed by atoms with Gasteiger partial charge >= 0.3 is 0 Å². The summed E-state index contributed by atoms with van der Waals surface area (Å²) >= 11 is 5.91. The van der Waals surface area contributed by atoms with Crippen LogP contribution < -0.4 is 0 Å². The predicted octanol–water partition coefficient (Wildman–Crippen LogP) is 3.01. The summed E-state index contributed by atoms with van der Waals surface area (Å²) in [5.74, 6) is 0. The zero-order chi connectivity index (χ0) is 6.62. The molecule has 0 fully saturated rings. The molecule has 1 unspecified atom stereocenters. The lowest BCUT2D eigenvalue weighted by Crippen LogP contribution is -2.13. The predicted molar refractivity (Wildman–Crippen MR) is 39.1 cm³/mol. The highest BCUT2D eigenvalue weighted by atomic mass is 35.5. The molecular weight excluding hydrogens is 120 g/mol. The van der Waals surface area contributed by atoms with E-state index in [4.69, 9.17) is 11.6 Å². The average molecular weight is 134 g/mol. The quantitative estimate of drug-likeness (QED) is 0.520. The molecule has 0 aliphatic carbocycles. The SMILES string of the molecule is [CH2]C(Cl)(CC)CCC. The van der Waals surface area contributed by atoms with Gasteiger partial charge < -0.3 is 0 Å². The van der Waals surface area contributed by atoms with Crippen molar-refractivity contribution in [2.45, 2.75) is 38.0 Å². The summed E-state index contributed by atoms with van der Waals surface area (Å²) in [6, 6.07) is 0. The van der Waals surface area contributed by atoms with Crippen LogP contribution in [0.25, 0.3) is 0 Å². The normalized spacial score (nSPS) is 18.0. The molecule has 0 N–H and O–H groups in total. The van der Waals surface area contributed by atoms with Crippen LogP contribution in [0.1, 0.15) is 33.1 Å². The van der Waals surface area contributed by atoms with Gasteiger partial charge in [-0.2, -0.15) is 0 Å². The molecule has 0 nitrogen and oxygen atoms in total. The second-order valence-electron chi connectivity index (χ2n) is 2.25. The maximum absolute atomic E-state index is 5.91. The van der Waals surface area contributed by atoms with Crippen LogP contribution in [-0.2, 0) is 0 Å². The highest BCUT2D eigenvalue weighted by Crippen LogP contribution is 2.23. The van der Waals surface area contributed by atoms with E-state index in [2.05, 4.69) is 20.8 Å². The van der Waals surface area contributed by atoms with Crippen molar-refractivity contribution in [3.05, 3.63) is 6.92 Å². The highest BCUT2D eigenvalue weighted by molar-refractivity contribution is 6.24. The molecule has 0 amide bonds. The van der Waals surface area contributed by atoms with Crippen molar-refractivity contribution in [3.63, 3.8) is 0 Å². The van der Waals surface area contributed by atoms with Crippen molar-refractivity contribution in [1.82, 2.24) is 0 Å². The van der Waals surface area contributed by atoms with Crippen molar-refractivity contribution in [2.75, 3.05) is 0 Å². The van der Waals surface area contributed by atoms with Gasteiger partial charge in [0.1, 0.15) is 0 Å². The van der Waals surface area contributed by atoms with Crippen LogP contribution in [0.4, 0.5) is 0 Å². The second-order valence-corrected chi connectivity index (χ2v) is 3.06. The molecule has 0 rings (SSSR count). The molecule has 0 spiro atoms. The van der Waals surface area contributed by atoms with Crippen molar-refractivity contribution < 1.29 is 0 Å². The molecule has 1 heteroatoms. The Morgan fingerprint density at radius 3 is 2.12 bits per heavy atom. The number of hydrogen-bond acceptors (Lipinski definition) is 0. The lowest BCUT2D eigenvalue weighted by molar-refractivity contribution is 0.597. The molecule has 0 aromatic rings. The largest absolute Gasteiger partial charge is 0.119 e. The molecule has 1 atom stereocenters. The standard InChI is InChI=1S/C7H14Cl/c1-4-6-7(3,8)5-2/h3-6H2,1-2H3. The summed E-state index contributed by atoms with van der Waals surface area (Å²) in [7, 11) is 0. The van der Waals surface area contributed by atoms with E-state index in [1.807, 2.05) is 0 Å². The van der Waals surface area contributed by atoms with E-state index in [1.165, 1.54) is 0 Å². The summed E-state index contributed by atoms with van der Waals surface area (Å²) in [5.41, 5.74) is 0. The van der Waals surface area contributed by atoms with E-state index >= 15 is 0 Å². The number of halogens is 1. The van der Waals surface area contributed by atoms with E-state index in [1.54, 1.807) is 0 Å². The van der Waals surface area contributed by atoms with Crippen molar-refractivity contribution in [3.8, 4) is 0 Å². The fraction of sp³-hybridized carbons (Fsp3) is 0.857. The molecule has 0 aromatic heterocycles. The fourth-order valence-electron chi connectivity index (χ4n) is 0.625. The molecule has 0 saturated heterocycles. The molecule has 0 aliphatic heterocycles. The van der Waals surface area contributed by atoms with E-state index in [-0.39, 0.29) is 4.87 Å². The van der Waals surface area contributed by atoms with Crippen LogP contribution in [0.3, 0.4) is 0 Å². The summed E-state index contributed by atoms with van der Waals surface area (Å²) < 4.78 is 0. The second kappa shape index (κ2) is 3.34. The monoisotopic (exact) mass is 133 g/mol. The van der Waals surface area contributed by atoms with Crippen LogP contribution in [0.5, 0.6) is 0 Å². The molecule has 0 heterocycles. The first kappa shape index (κ1) is 8.29. The summed E-state index contributed by atoms with van der Waals surface area (Å²) in [6.07, 6.45) is 3.11. The molecule has 49 valence electrons. The Hall–Kier alpha value is 0.290. The molecule has 0 saturated carbocycles. The van der Waals surface area contributed by atoms with E-state index in [0.717, 1.165) is 19.3 Å². The first-order valence-corrected chi connectivity index (χ1v) is 3.54. The molecule has 0 bridgehead atoms. The van der Waals surface area contributed by atoms with Crippen molar-refractivity contribution in [2.24, 2.45) is 0 Å². The first-order valence-electron chi connectivity index (χ1n) is 3.16. The van der Waals surface area contributed by atoms with Gasteiger partial charge in [-0.3, -0.25) is 0 Å². The number of rotatable bonds is 3. The third-order valence-electron chi connectivity index (χ3n) is 1.33. The van der Waals surface area contributed by atoms with E-state index in [9.17, 15) is 0 Å². The van der Waals surface area contributed by atoms with Crippen molar-refractivity contribution >= 4 is 11.6 Å². The Morgan fingerprint density at radius 2 is 2.00 bits per heavy atom. The Morgan fingerprint density at radius 1 is 1.50 bits per heavy atom. The van der Waals surface area contributed by atoms with Gasteiger partial charge in [-0.25, -0.2) is 0 Å². The molecular formula is C7H14Cl. The van der Waals surface area contributed by atoms with Crippen LogP contribution in [-0.4, -0.2) is 4.87 Å². The minimum atomic E-state index is -0.186. The smallest absolute Gasteiger partial charge is 0.0444 e. The van der Waals surface area contributed by atoms with E-state index in [0.29, 0.717) is 0 Å². The molecule has 8 heavy (non-hydrogen) atoms. The lowest BCUT2D eigenvalue weighted by Gasteiger charge is -2.17. The van der Waals surface area contributed by atoms with Gasteiger partial charge in [0, 0.05) is 4.87 Å². The zero-order valence-corrected chi connectivity index (χ0v) is 6.46. The van der Waals surface area contributed by atoms with E-state index < -0.39 is 0 Å². The van der Waals surface area contributed by atoms with Gasteiger partial charge in [0.2, 0.25) is 0 Å². The highest BCUT2D eigenvalue weighted by Gasteiger charge is 2.15. The third-order valence-corrected chi connectivity index (χ3v) is 1.79. The average Bonchev–Trinajstić information content (AvgIpc) is 1.67. The zero-order valence-electron chi connectivity index (χ0n) is 5.71. The van der Waals surface area contributed by atoms with Gasteiger partial charge in [-0.1, -0.05) is 20.3 Å². The Kier molecular flexibility index (Phi) is 3.46. The first-order chi connectivity index (χ1) is 3.62. The lowest BCUT2D eigenvalue weighted by atomic mass is 10.0. The topological polar surface area (TPSA) is 0 Å². The van der Waals surface area contributed by atoms with Gasteiger partial charge in [-0.15, -0.1) is 11.6 Å². The molecule has 0 aromatic carbocycles. The van der Waals surface area contributed by atoms with Gasteiger partial charge in [0.15, 0.2) is 0 Å². The molecule has 0 aliphatic rings. The maximum Gasteiger partial charge on any atom is 0.0444 e. The number of hydrogen-bond donors (Lipinski definition) is 0.